The van der Waals surface area contributed by atoms with Crippen LogP contribution in [0.1, 0.15) is 51.9 Å². The summed E-state index contributed by atoms with van der Waals surface area (Å²) in [6.45, 7) is 4.30. The molecule has 0 saturated carbocycles. The molecule has 1 atom stereocenters. The van der Waals surface area contributed by atoms with E-state index in [0.29, 0.717) is 12.5 Å². The third-order valence-corrected chi connectivity index (χ3v) is 2.95. The molecule has 0 radical (unpaired) electrons. The van der Waals surface area contributed by atoms with Gasteiger partial charge in [-0.3, -0.25) is 4.79 Å². The minimum atomic E-state index is 0.246. The molecule has 1 fully saturated rings. The predicted molar refractivity (Wildman–Crippen MR) is 62.8 cm³/mol. The van der Waals surface area contributed by atoms with Gasteiger partial charge in [0.25, 0.3) is 0 Å². The molecular weight excluding hydrogens is 188 g/mol. The van der Waals surface area contributed by atoms with Crippen LogP contribution >= 0.6 is 0 Å². The van der Waals surface area contributed by atoms with Crippen LogP contribution in [0.25, 0.3) is 0 Å². The van der Waals surface area contributed by atoms with Gasteiger partial charge in [0.05, 0.1) is 0 Å². The van der Waals surface area contributed by atoms with Gasteiger partial charge in [0, 0.05) is 12.5 Å². The Kier molecular flexibility index (Phi) is 6.41. The summed E-state index contributed by atoms with van der Waals surface area (Å²) in [5.41, 5.74) is 0. The minimum Gasteiger partial charge on any atom is -0.353 e. The predicted octanol–water partition coefficient (Wildman–Crippen LogP) is 1.82. The first-order chi connectivity index (χ1) is 7.33. The molecule has 3 heteroatoms. The SMILES string of the molecule is CCCCCC(=O)NC1CCCNCC1. The molecule has 1 aliphatic heterocycles. The lowest BCUT2D eigenvalue weighted by atomic mass is 10.1. The molecule has 88 valence electrons. The second kappa shape index (κ2) is 7.69. The molecular formula is C12H24N2O. The van der Waals surface area contributed by atoms with Gasteiger partial charge in [-0.15, -0.1) is 0 Å². The van der Waals surface area contributed by atoms with Crippen LogP contribution in [-0.2, 0) is 4.79 Å². The van der Waals surface area contributed by atoms with Crippen molar-refractivity contribution in [3.63, 3.8) is 0 Å². The molecule has 0 aliphatic carbocycles. The normalized spacial score (nSPS) is 22.1. The standard InChI is InChI=1S/C12H24N2O/c1-2-3-4-7-12(15)14-11-6-5-9-13-10-8-11/h11,13H,2-10H2,1H3,(H,14,15). The first-order valence-corrected chi connectivity index (χ1v) is 6.33. The number of unbranched alkanes of at least 4 members (excludes halogenated alkanes) is 2. The highest BCUT2D eigenvalue weighted by molar-refractivity contribution is 5.76. The largest absolute Gasteiger partial charge is 0.353 e. The van der Waals surface area contributed by atoms with Gasteiger partial charge in [-0.2, -0.15) is 0 Å². The van der Waals surface area contributed by atoms with Crippen LogP contribution in [0, 0.1) is 0 Å². The van der Waals surface area contributed by atoms with Gasteiger partial charge >= 0.3 is 0 Å². The highest BCUT2D eigenvalue weighted by atomic mass is 16.1. The van der Waals surface area contributed by atoms with E-state index in [9.17, 15) is 4.79 Å². The van der Waals surface area contributed by atoms with Crippen LogP contribution in [-0.4, -0.2) is 25.0 Å². The monoisotopic (exact) mass is 212 g/mol. The first-order valence-electron chi connectivity index (χ1n) is 6.33. The summed E-state index contributed by atoms with van der Waals surface area (Å²) in [5.74, 6) is 0.246. The van der Waals surface area contributed by atoms with Crippen molar-refractivity contribution >= 4 is 5.91 Å². The van der Waals surface area contributed by atoms with Crippen molar-refractivity contribution < 1.29 is 4.79 Å². The zero-order valence-corrected chi connectivity index (χ0v) is 9.85. The number of carbonyl (C=O) groups excluding carboxylic acids is 1. The Labute approximate surface area is 93.0 Å². The van der Waals surface area contributed by atoms with Crippen molar-refractivity contribution in [1.29, 1.82) is 0 Å². The van der Waals surface area contributed by atoms with Crippen molar-refractivity contribution in [1.82, 2.24) is 10.6 Å². The molecule has 1 aliphatic rings. The van der Waals surface area contributed by atoms with E-state index in [1.54, 1.807) is 0 Å². The van der Waals surface area contributed by atoms with Crippen LogP contribution in [0.2, 0.25) is 0 Å². The first kappa shape index (κ1) is 12.5. The van der Waals surface area contributed by atoms with E-state index in [-0.39, 0.29) is 5.91 Å². The molecule has 0 bridgehead atoms. The van der Waals surface area contributed by atoms with E-state index in [2.05, 4.69) is 17.6 Å². The second-order valence-corrected chi connectivity index (χ2v) is 4.40. The number of hydrogen-bond donors (Lipinski definition) is 2. The molecule has 1 unspecified atom stereocenters. The van der Waals surface area contributed by atoms with Gasteiger partial charge in [-0.05, 0) is 38.8 Å². The van der Waals surface area contributed by atoms with Gasteiger partial charge < -0.3 is 10.6 Å². The minimum absolute atomic E-state index is 0.246. The molecule has 0 spiro atoms. The van der Waals surface area contributed by atoms with Gasteiger partial charge in [-0.1, -0.05) is 19.8 Å². The van der Waals surface area contributed by atoms with E-state index >= 15 is 0 Å². The van der Waals surface area contributed by atoms with E-state index in [1.807, 2.05) is 0 Å². The lowest BCUT2D eigenvalue weighted by molar-refractivity contribution is -0.122. The molecule has 1 saturated heterocycles. The van der Waals surface area contributed by atoms with Gasteiger partial charge in [0.2, 0.25) is 5.91 Å². The maximum absolute atomic E-state index is 11.6. The average molecular weight is 212 g/mol. The molecule has 2 N–H and O–H groups in total. The van der Waals surface area contributed by atoms with E-state index in [1.165, 1.54) is 19.3 Å². The number of carbonyl (C=O) groups is 1. The molecule has 0 aromatic carbocycles. The summed E-state index contributed by atoms with van der Waals surface area (Å²) in [6.07, 6.45) is 7.48. The summed E-state index contributed by atoms with van der Waals surface area (Å²) in [5, 5.41) is 6.49. The number of hydrogen-bond acceptors (Lipinski definition) is 2. The van der Waals surface area contributed by atoms with Gasteiger partial charge in [0.1, 0.15) is 0 Å². The summed E-state index contributed by atoms with van der Waals surface area (Å²) >= 11 is 0. The zero-order chi connectivity index (χ0) is 10.9. The Morgan fingerprint density at radius 2 is 2.20 bits per heavy atom. The maximum atomic E-state index is 11.6. The van der Waals surface area contributed by atoms with Gasteiger partial charge in [0.15, 0.2) is 0 Å². The summed E-state index contributed by atoms with van der Waals surface area (Å²) in [4.78, 5) is 11.6. The molecule has 3 nitrogen and oxygen atoms in total. The van der Waals surface area contributed by atoms with Crippen LogP contribution in [0.5, 0.6) is 0 Å². The molecule has 15 heavy (non-hydrogen) atoms. The molecule has 0 aromatic heterocycles. The topological polar surface area (TPSA) is 41.1 Å². The average Bonchev–Trinajstić information content (AvgIpc) is 2.47. The lowest BCUT2D eigenvalue weighted by Gasteiger charge is -2.15. The Morgan fingerprint density at radius 1 is 1.33 bits per heavy atom. The van der Waals surface area contributed by atoms with E-state index < -0.39 is 0 Å². The van der Waals surface area contributed by atoms with Crippen molar-refractivity contribution in [2.75, 3.05) is 13.1 Å². The number of nitrogens with one attached hydrogen (secondary N) is 2. The fourth-order valence-electron chi connectivity index (χ4n) is 2.00. The van der Waals surface area contributed by atoms with Crippen LogP contribution in [0.3, 0.4) is 0 Å². The summed E-state index contributed by atoms with van der Waals surface area (Å²) < 4.78 is 0. The molecule has 0 aromatic rings. The van der Waals surface area contributed by atoms with Crippen molar-refractivity contribution in [3.05, 3.63) is 0 Å². The van der Waals surface area contributed by atoms with Crippen molar-refractivity contribution in [2.45, 2.75) is 57.9 Å². The van der Waals surface area contributed by atoms with Gasteiger partial charge in [-0.25, -0.2) is 0 Å². The highest BCUT2D eigenvalue weighted by Crippen LogP contribution is 2.06. The maximum Gasteiger partial charge on any atom is 0.220 e. The summed E-state index contributed by atoms with van der Waals surface area (Å²) in [7, 11) is 0. The smallest absolute Gasteiger partial charge is 0.220 e. The fourth-order valence-corrected chi connectivity index (χ4v) is 2.00. The third kappa shape index (κ3) is 5.78. The van der Waals surface area contributed by atoms with E-state index in [4.69, 9.17) is 0 Å². The van der Waals surface area contributed by atoms with E-state index in [0.717, 1.165) is 32.4 Å². The Bertz CT molecular complexity index is 174. The number of amides is 1. The van der Waals surface area contributed by atoms with Crippen LogP contribution < -0.4 is 10.6 Å². The fraction of sp³-hybridized carbons (Fsp3) is 0.917. The molecule has 1 amide bonds. The quantitative estimate of drug-likeness (QED) is 0.683. The van der Waals surface area contributed by atoms with Crippen molar-refractivity contribution in [2.24, 2.45) is 0 Å². The van der Waals surface area contributed by atoms with Crippen LogP contribution in [0.15, 0.2) is 0 Å². The Morgan fingerprint density at radius 3 is 3.00 bits per heavy atom. The lowest BCUT2D eigenvalue weighted by Crippen LogP contribution is -2.35. The molecule has 1 rings (SSSR count). The molecule has 1 heterocycles. The Balaban J connectivity index is 2.12. The zero-order valence-electron chi connectivity index (χ0n) is 9.85. The van der Waals surface area contributed by atoms with Crippen LogP contribution in [0.4, 0.5) is 0 Å². The third-order valence-electron chi connectivity index (χ3n) is 2.95. The summed E-state index contributed by atoms with van der Waals surface area (Å²) in [6, 6.07) is 0.411. The number of rotatable bonds is 5. The Hall–Kier alpha value is -0.570. The highest BCUT2D eigenvalue weighted by Gasteiger charge is 2.13. The van der Waals surface area contributed by atoms with Crippen molar-refractivity contribution in [3.8, 4) is 0 Å². The second-order valence-electron chi connectivity index (χ2n) is 4.40.